The molecule has 1 atom stereocenters. The number of rotatable bonds is 4. The van der Waals surface area contributed by atoms with Crippen LogP contribution in [0.4, 0.5) is 10.1 Å². The Balaban J connectivity index is 1.94. The molecular weight excluding hydrogens is 359 g/mol. The molecule has 1 unspecified atom stereocenters. The fraction of sp³-hybridized carbons (Fsp3) is 0.333. The van der Waals surface area contributed by atoms with Crippen LogP contribution in [0.3, 0.4) is 0 Å². The molecule has 8 heteroatoms. The first-order valence-electron chi connectivity index (χ1n) is 8.38. The van der Waals surface area contributed by atoms with Crippen molar-refractivity contribution in [3.05, 3.63) is 70.0 Å². The molecule has 0 aliphatic carbocycles. The third-order valence-corrected chi connectivity index (χ3v) is 6.57. The first-order valence-corrected chi connectivity index (χ1v) is 9.82. The van der Waals surface area contributed by atoms with Crippen molar-refractivity contribution in [1.29, 1.82) is 0 Å². The maximum Gasteiger partial charge on any atom is 0.289 e. The van der Waals surface area contributed by atoms with E-state index >= 15 is 0 Å². The lowest BCUT2D eigenvalue weighted by molar-refractivity contribution is -0.387. The summed E-state index contributed by atoms with van der Waals surface area (Å²) in [5.41, 5.74) is 0.450. The maximum atomic E-state index is 13.2. The molecule has 0 spiro atoms. The molecule has 0 aromatic heterocycles. The molecule has 1 saturated heterocycles. The molecule has 0 amide bonds. The van der Waals surface area contributed by atoms with Crippen LogP contribution >= 0.6 is 0 Å². The highest BCUT2D eigenvalue weighted by molar-refractivity contribution is 7.89. The van der Waals surface area contributed by atoms with Gasteiger partial charge in [-0.1, -0.05) is 30.7 Å². The average molecular weight is 378 g/mol. The van der Waals surface area contributed by atoms with Gasteiger partial charge in [0.1, 0.15) is 5.82 Å². The monoisotopic (exact) mass is 378 g/mol. The maximum absolute atomic E-state index is 13.2. The summed E-state index contributed by atoms with van der Waals surface area (Å²) in [7, 11) is -3.99. The van der Waals surface area contributed by atoms with Crippen LogP contribution in [0.2, 0.25) is 0 Å². The van der Waals surface area contributed by atoms with Crippen molar-refractivity contribution in [1.82, 2.24) is 4.31 Å². The molecule has 0 saturated carbocycles. The van der Waals surface area contributed by atoms with Crippen molar-refractivity contribution in [2.75, 3.05) is 13.1 Å². The normalized spacial score (nSPS) is 19.0. The van der Waals surface area contributed by atoms with Gasteiger partial charge in [-0.3, -0.25) is 10.1 Å². The summed E-state index contributed by atoms with van der Waals surface area (Å²) >= 11 is 0. The van der Waals surface area contributed by atoms with E-state index in [0.717, 1.165) is 18.4 Å². The highest BCUT2D eigenvalue weighted by Gasteiger charge is 2.34. The molecule has 1 aliphatic heterocycles. The van der Waals surface area contributed by atoms with Crippen LogP contribution in [-0.2, 0) is 10.0 Å². The minimum Gasteiger partial charge on any atom is -0.258 e. The summed E-state index contributed by atoms with van der Waals surface area (Å²) in [6.07, 6.45) is 2.30. The molecule has 1 fully saturated rings. The molecule has 138 valence electrons. The molecular formula is C18H19FN2O4S. The third-order valence-electron chi connectivity index (χ3n) is 4.66. The Kier molecular flexibility index (Phi) is 5.33. The van der Waals surface area contributed by atoms with Gasteiger partial charge in [0.25, 0.3) is 5.69 Å². The lowest BCUT2D eigenvalue weighted by atomic mass is 9.95. The van der Waals surface area contributed by atoms with Gasteiger partial charge in [0, 0.05) is 19.2 Å². The van der Waals surface area contributed by atoms with Crippen LogP contribution in [0, 0.1) is 15.9 Å². The number of hydrogen-bond donors (Lipinski definition) is 0. The lowest BCUT2D eigenvalue weighted by Gasteiger charge is -2.24. The zero-order valence-corrected chi connectivity index (χ0v) is 14.9. The summed E-state index contributed by atoms with van der Waals surface area (Å²) < 4.78 is 40.6. The van der Waals surface area contributed by atoms with Gasteiger partial charge in [-0.25, -0.2) is 12.8 Å². The van der Waals surface area contributed by atoms with E-state index in [2.05, 4.69) is 0 Å². The summed E-state index contributed by atoms with van der Waals surface area (Å²) in [4.78, 5) is 10.3. The average Bonchev–Trinajstić information content (AvgIpc) is 2.89. The lowest BCUT2D eigenvalue weighted by Crippen LogP contribution is -2.34. The van der Waals surface area contributed by atoms with Crippen molar-refractivity contribution in [3.63, 3.8) is 0 Å². The van der Waals surface area contributed by atoms with Gasteiger partial charge in [0.05, 0.1) is 4.92 Å². The van der Waals surface area contributed by atoms with Gasteiger partial charge in [0.2, 0.25) is 10.0 Å². The highest BCUT2D eigenvalue weighted by Crippen LogP contribution is 2.32. The Morgan fingerprint density at radius 3 is 2.46 bits per heavy atom. The molecule has 0 N–H and O–H groups in total. The standard InChI is InChI=1S/C18H19FN2O4S/c19-16-10-8-14(9-11-16)15-5-3-4-12-20(13-15)26(24,25)18-7-2-1-6-17(18)21(22)23/h1-2,6-11,15H,3-5,12-13H2. The van der Waals surface area contributed by atoms with E-state index in [1.54, 1.807) is 12.1 Å². The predicted octanol–water partition coefficient (Wildman–Crippen LogP) is 3.69. The minimum atomic E-state index is -3.99. The van der Waals surface area contributed by atoms with Crippen molar-refractivity contribution < 1.29 is 17.7 Å². The van der Waals surface area contributed by atoms with E-state index in [1.165, 1.54) is 40.7 Å². The number of halogens is 1. The van der Waals surface area contributed by atoms with Crippen LogP contribution in [-0.4, -0.2) is 30.7 Å². The Morgan fingerprint density at radius 2 is 1.77 bits per heavy atom. The number of sulfonamides is 1. The number of hydrogen-bond acceptors (Lipinski definition) is 4. The summed E-state index contributed by atoms with van der Waals surface area (Å²) in [5, 5.41) is 11.2. The Bertz CT molecular complexity index is 900. The Hall–Kier alpha value is -2.32. The fourth-order valence-corrected chi connectivity index (χ4v) is 4.98. The SMILES string of the molecule is O=[N+]([O-])c1ccccc1S(=O)(=O)N1CCCCC(c2ccc(F)cc2)C1. The van der Waals surface area contributed by atoms with Crippen molar-refractivity contribution >= 4 is 15.7 Å². The van der Waals surface area contributed by atoms with Gasteiger partial charge >= 0.3 is 0 Å². The third kappa shape index (κ3) is 3.76. The van der Waals surface area contributed by atoms with Crippen molar-refractivity contribution in [2.24, 2.45) is 0 Å². The fourth-order valence-electron chi connectivity index (χ4n) is 3.30. The molecule has 2 aromatic rings. The van der Waals surface area contributed by atoms with E-state index in [9.17, 15) is 22.9 Å². The van der Waals surface area contributed by atoms with Gasteiger partial charge < -0.3 is 0 Å². The zero-order valence-electron chi connectivity index (χ0n) is 14.0. The van der Waals surface area contributed by atoms with Crippen LogP contribution < -0.4 is 0 Å². The number of benzene rings is 2. The number of para-hydroxylation sites is 1. The minimum absolute atomic E-state index is 0.0735. The van der Waals surface area contributed by atoms with Crippen LogP contribution in [0.5, 0.6) is 0 Å². The summed E-state index contributed by atoms with van der Waals surface area (Å²) in [6, 6.07) is 11.5. The molecule has 26 heavy (non-hydrogen) atoms. The van der Waals surface area contributed by atoms with Gasteiger partial charge in [-0.05, 0) is 42.5 Å². The van der Waals surface area contributed by atoms with E-state index in [4.69, 9.17) is 0 Å². The number of nitro groups is 1. The van der Waals surface area contributed by atoms with E-state index in [1.807, 2.05) is 0 Å². The molecule has 2 aromatic carbocycles. The predicted molar refractivity (Wildman–Crippen MR) is 94.8 cm³/mol. The first-order chi connectivity index (χ1) is 12.4. The van der Waals surface area contributed by atoms with E-state index < -0.39 is 20.6 Å². The van der Waals surface area contributed by atoms with Crippen LogP contribution in [0.25, 0.3) is 0 Å². The number of nitrogens with zero attached hydrogens (tertiary/aromatic N) is 2. The van der Waals surface area contributed by atoms with Crippen molar-refractivity contribution in [2.45, 2.75) is 30.1 Å². The quantitative estimate of drug-likeness (QED) is 0.600. The summed E-state index contributed by atoms with van der Waals surface area (Å²) in [6.45, 7) is 0.534. The van der Waals surface area contributed by atoms with Crippen LogP contribution in [0.1, 0.15) is 30.7 Å². The van der Waals surface area contributed by atoms with Crippen LogP contribution in [0.15, 0.2) is 53.4 Å². The molecule has 1 heterocycles. The van der Waals surface area contributed by atoms with Gasteiger partial charge in [-0.2, -0.15) is 4.31 Å². The Labute approximate surface area is 151 Å². The van der Waals surface area contributed by atoms with Gasteiger partial charge in [0.15, 0.2) is 4.90 Å². The largest absolute Gasteiger partial charge is 0.289 e. The first kappa shape index (κ1) is 18.5. The smallest absolute Gasteiger partial charge is 0.258 e. The van der Waals surface area contributed by atoms with E-state index in [0.29, 0.717) is 13.0 Å². The van der Waals surface area contributed by atoms with Gasteiger partial charge in [-0.15, -0.1) is 0 Å². The molecule has 6 nitrogen and oxygen atoms in total. The van der Waals surface area contributed by atoms with E-state index in [-0.39, 0.29) is 23.2 Å². The van der Waals surface area contributed by atoms with Crippen molar-refractivity contribution in [3.8, 4) is 0 Å². The summed E-state index contributed by atoms with van der Waals surface area (Å²) in [5.74, 6) is -0.414. The Morgan fingerprint density at radius 1 is 1.08 bits per heavy atom. The topological polar surface area (TPSA) is 80.5 Å². The molecule has 3 rings (SSSR count). The number of nitro benzene ring substituents is 1. The molecule has 0 radical (unpaired) electrons. The second kappa shape index (κ2) is 7.51. The molecule has 0 bridgehead atoms. The second-order valence-electron chi connectivity index (χ2n) is 6.33. The highest BCUT2D eigenvalue weighted by atomic mass is 32.2. The molecule has 1 aliphatic rings. The zero-order chi connectivity index (χ0) is 18.7. The second-order valence-corrected chi connectivity index (χ2v) is 8.24.